The van der Waals surface area contributed by atoms with Crippen molar-refractivity contribution in [3.05, 3.63) is 41.6 Å². The fourth-order valence-electron chi connectivity index (χ4n) is 2.56. The van der Waals surface area contributed by atoms with E-state index in [0.717, 1.165) is 37.6 Å². The standard InChI is InChI=1S/C16H18ClN3O/c1-2-13-11-21-9-8-20(13)15-10-14(17)18-16(19-15)12-6-4-3-5-7-12/h3-7,10,13H,2,8-9,11H2,1H3. The zero-order chi connectivity index (χ0) is 14.7. The molecule has 1 saturated heterocycles. The van der Waals surface area contributed by atoms with E-state index in [1.54, 1.807) is 0 Å². The van der Waals surface area contributed by atoms with Gasteiger partial charge in [0.25, 0.3) is 0 Å². The molecule has 0 saturated carbocycles. The highest BCUT2D eigenvalue weighted by Crippen LogP contribution is 2.25. The van der Waals surface area contributed by atoms with Gasteiger partial charge in [0.15, 0.2) is 5.82 Å². The van der Waals surface area contributed by atoms with Gasteiger partial charge in [-0.2, -0.15) is 0 Å². The number of nitrogens with zero attached hydrogens (tertiary/aromatic N) is 3. The van der Waals surface area contributed by atoms with E-state index in [0.29, 0.717) is 17.0 Å². The van der Waals surface area contributed by atoms with Gasteiger partial charge in [0.05, 0.1) is 19.3 Å². The van der Waals surface area contributed by atoms with Gasteiger partial charge >= 0.3 is 0 Å². The Morgan fingerprint density at radius 2 is 2.10 bits per heavy atom. The Balaban J connectivity index is 1.97. The minimum atomic E-state index is 0.341. The number of hydrogen-bond acceptors (Lipinski definition) is 4. The molecule has 0 radical (unpaired) electrons. The maximum atomic E-state index is 6.20. The molecule has 1 aromatic heterocycles. The third kappa shape index (κ3) is 3.17. The molecule has 5 heteroatoms. The van der Waals surface area contributed by atoms with E-state index in [-0.39, 0.29) is 0 Å². The molecule has 0 amide bonds. The van der Waals surface area contributed by atoms with Gasteiger partial charge in [0.1, 0.15) is 11.0 Å². The molecule has 110 valence electrons. The zero-order valence-corrected chi connectivity index (χ0v) is 12.8. The van der Waals surface area contributed by atoms with Gasteiger partial charge in [-0.1, -0.05) is 48.9 Å². The van der Waals surface area contributed by atoms with Crippen molar-refractivity contribution in [2.75, 3.05) is 24.7 Å². The van der Waals surface area contributed by atoms with E-state index in [2.05, 4.69) is 16.8 Å². The van der Waals surface area contributed by atoms with Crippen LogP contribution in [0.1, 0.15) is 13.3 Å². The third-order valence-electron chi connectivity index (χ3n) is 3.71. The molecule has 2 heterocycles. The molecule has 0 spiro atoms. The lowest BCUT2D eigenvalue weighted by Gasteiger charge is -2.36. The summed E-state index contributed by atoms with van der Waals surface area (Å²) in [6.45, 7) is 4.45. The van der Waals surface area contributed by atoms with Crippen LogP contribution in [0.4, 0.5) is 5.82 Å². The fourth-order valence-corrected chi connectivity index (χ4v) is 2.74. The maximum absolute atomic E-state index is 6.20. The minimum absolute atomic E-state index is 0.341. The fraction of sp³-hybridized carbons (Fsp3) is 0.375. The van der Waals surface area contributed by atoms with E-state index >= 15 is 0 Å². The van der Waals surface area contributed by atoms with Crippen LogP contribution >= 0.6 is 11.6 Å². The van der Waals surface area contributed by atoms with Gasteiger partial charge in [0, 0.05) is 18.2 Å². The molecule has 0 aliphatic carbocycles. The maximum Gasteiger partial charge on any atom is 0.163 e. The monoisotopic (exact) mass is 303 g/mol. The first kappa shape index (κ1) is 14.3. The van der Waals surface area contributed by atoms with Crippen molar-refractivity contribution in [3.63, 3.8) is 0 Å². The summed E-state index contributed by atoms with van der Waals surface area (Å²) in [4.78, 5) is 11.3. The molecule has 0 N–H and O–H groups in total. The molecular formula is C16H18ClN3O. The molecule has 0 bridgehead atoms. The highest BCUT2D eigenvalue weighted by molar-refractivity contribution is 6.29. The molecule has 21 heavy (non-hydrogen) atoms. The molecule has 1 aliphatic heterocycles. The Hall–Kier alpha value is -1.65. The highest BCUT2D eigenvalue weighted by Gasteiger charge is 2.23. The summed E-state index contributed by atoms with van der Waals surface area (Å²) in [6.07, 6.45) is 1.02. The van der Waals surface area contributed by atoms with Gasteiger partial charge in [-0.15, -0.1) is 0 Å². The van der Waals surface area contributed by atoms with E-state index in [4.69, 9.17) is 21.3 Å². The number of anilines is 1. The Kier molecular flexibility index (Phi) is 4.36. The number of ether oxygens (including phenoxy) is 1. The van der Waals surface area contributed by atoms with Gasteiger partial charge in [0.2, 0.25) is 0 Å². The lowest BCUT2D eigenvalue weighted by atomic mass is 10.1. The van der Waals surface area contributed by atoms with Crippen molar-refractivity contribution in [3.8, 4) is 11.4 Å². The van der Waals surface area contributed by atoms with Crippen molar-refractivity contribution in [2.24, 2.45) is 0 Å². The second kappa shape index (κ2) is 6.41. The van der Waals surface area contributed by atoms with Crippen LogP contribution in [0.3, 0.4) is 0 Å². The molecule has 3 rings (SSSR count). The topological polar surface area (TPSA) is 38.2 Å². The van der Waals surface area contributed by atoms with Crippen LogP contribution in [0.2, 0.25) is 5.15 Å². The Morgan fingerprint density at radius 1 is 1.29 bits per heavy atom. The summed E-state index contributed by atoms with van der Waals surface area (Å²) < 4.78 is 5.55. The van der Waals surface area contributed by atoms with Gasteiger partial charge in [-0.25, -0.2) is 9.97 Å². The first-order chi connectivity index (χ1) is 10.3. The number of rotatable bonds is 3. The summed E-state index contributed by atoms with van der Waals surface area (Å²) in [5.74, 6) is 1.54. The lowest BCUT2D eigenvalue weighted by molar-refractivity contribution is 0.0925. The minimum Gasteiger partial charge on any atom is -0.377 e. The normalized spacial score (nSPS) is 18.8. The summed E-state index contributed by atoms with van der Waals surface area (Å²) in [5, 5.41) is 0.472. The number of halogens is 1. The zero-order valence-electron chi connectivity index (χ0n) is 12.0. The van der Waals surface area contributed by atoms with Crippen molar-refractivity contribution in [2.45, 2.75) is 19.4 Å². The predicted molar refractivity (Wildman–Crippen MR) is 84.7 cm³/mol. The molecule has 1 atom stereocenters. The van der Waals surface area contributed by atoms with Crippen LogP contribution in [-0.4, -0.2) is 35.8 Å². The molecular weight excluding hydrogens is 286 g/mol. The van der Waals surface area contributed by atoms with E-state index in [1.165, 1.54) is 0 Å². The Bertz CT molecular complexity index is 606. The molecule has 1 aromatic carbocycles. The van der Waals surface area contributed by atoms with E-state index in [9.17, 15) is 0 Å². The van der Waals surface area contributed by atoms with Gasteiger partial charge in [-0.3, -0.25) is 0 Å². The SMILES string of the molecule is CCC1COCCN1c1cc(Cl)nc(-c2ccccc2)n1. The second-order valence-electron chi connectivity index (χ2n) is 5.07. The van der Waals surface area contributed by atoms with Crippen LogP contribution in [-0.2, 0) is 4.74 Å². The first-order valence-corrected chi connectivity index (χ1v) is 7.60. The number of benzene rings is 1. The average molecular weight is 304 g/mol. The summed E-state index contributed by atoms with van der Waals surface area (Å²) in [5.41, 5.74) is 0.975. The van der Waals surface area contributed by atoms with Crippen LogP contribution in [0.15, 0.2) is 36.4 Å². The van der Waals surface area contributed by atoms with Crippen LogP contribution in [0, 0.1) is 0 Å². The van der Waals surface area contributed by atoms with E-state index in [1.807, 2.05) is 36.4 Å². The highest BCUT2D eigenvalue weighted by atomic mass is 35.5. The summed E-state index contributed by atoms with van der Waals surface area (Å²) in [6, 6.07) is 12.1. The van der Waals surface area contributed by atoms with Crippen molar-refractivity contribution in [1.82, 2.24) is 9.97 Å². The van der Waals surface area contributed by atoms with Gasteiger partial charge < -0.3 is 9.64 Å². The number of aromatic nitrogens is 2. The summed E-state index contributed by atoms with van der Waals surface area (Å²) in [7, 11) is 0. The van der Waals surface area contributed by atoms with Crippen LogP contribution < -0.4 is 4.90 Å². The van der Waals surface area contributed by atoms with Crippen LogP contribution in [0.25, 0.3) is 11.4 Å². The lowest BCUT2D eigenvalue weighted by Crippen LogP contribution is -2.45. The van der Waals surface area contributed by atoms with Crippen molar-refractivity contribution < 1.29 is 4.74 Å². The third-order valence-corrected chi connectivity index (χ3v) is 3.90. The molecule has 1 aliphatic rings. The van der Waals surface area contributed by atoms with Crippen LogP contribution in [0.5, 0.6) is 0 Å². The van der Waals surface area contributed by atoms with Crippen molar-refractivity contribution in [1.29, 1.82) is 0 Å². The molecule has 1 fully saturated rings. The van der Waals surface area contributed by atoms with E-state index < -0.39 is 0 Å². The Morgan fingerprint density at radius 3 is 2.86 bits per heavy atom. The smallest absolute Gasteiger partial charge is 0.163 e. The number of hydrogen-bond donors (Lipinski definition) is 0. The first-order valence-electron chi connectivity index (χ1n) is 7.22. The Labute approximate surface area is 129 Å². The van der Waals surface area contributed by atoms with Gasteiger partial charge in [-0.05, 0) is 6.42 Å². The van der Waals surface area contributed by atoms with Crippen molar-refractivity contribution >= 4 is 17.4 Å². The quantitative estimate of drug-likeness (QED) is 0.815. The largest absolute Gasteiger partial charge is 0.377 e. The predicted octanol–water partition coefficient (Wildman–Crippen LogP) is 3.41. The molecule has 4 nitrogen and oxygen atoms in total. The number of morpholine rings is 1. The summed E-state index contributed by atoms with van der Waals surface area (Å²) >= 11 is 6.20. The molecule has 1 unspecified atom stereocenters. The second-order valence-corrected chi connectivity index (χ2v) is 5.46. The average Bonchev–Trinajstić information content (AvgIpc) is 2.55. The molecule has 2 aromatic rings.